The third kappa shape index (κ3) is 1.57. The summed E-state index contributed by atoms with van der Waals surface area (Å²) in [6.45, 7) is 2.80. The average molecular weight is 196 g/mol. The summed E-state index contributed by atoms with van der Waals surface area (Å²) in [7, 11) is 0. The Kier molecular flexibility index (Phi) is 2.59. The van der Waals surface area contributed by atoms with Crippen LogP contribution in [0.2, 0.25) is 0 Å². The lowest BCUT2D eigenvalue weighted by Crippen LogP contribution is -2.46. The molecular formula is C11H16O3. The Labute approximate surface area is 84.1 Å². The number of esters is 1. The normalized spacial score (nSPS) is 31.5. The second-order valence-electron chi connectivity index (χ2n) is 3.87. The van der Waals surface area contributed by atoms with Gasteiger partial charge in [0.25, 0.3) is 0 Å². The molecule has 78 valence electrons. The highest BCUT2D eigenvalue weighted by atomic mass is 16.6. The lowest BCUT2D eigenvalue weighted by molar-refractivity contribution is -0.175. The van der Waals surface area contributed by atoms with Gasteiger partial charge in [-0.15, -0.1) is 0 Å². The van der Waals surface area contributed by atoms with Crippen molar-refractivity contribution in [2.45, 2.75) is 31.8 Å². The Morgan fingerprint density at radius 1 is 1.57 bits per heavy atom. The van der Waals surface area contributed by atoms with Crippen LogP contribution in [0.25, 0.3) is 0 Å². The lowest BCUT2D eigenvalue weighted by atomic mass is 9.91. The molecule has 0 N–H and O–H groups in total. The fourth-order valence-electron chi connectivity index (χ4n) is 1.98. The van der Waals surface area contributed by atoms with E-state index in [2.05, 4.69) is 0 Å². The van der Waals surface area contributed by atoms with Crippen LogP contribution in [0.15, 0.2) is 12.2 Å². The largest absolute Gasteiger partial charge is 0.464 e. The molecule has 0 amide bonds. The minimum Gasteiger partial charge on any atom is -0.464 e. The van der Waals surface area contributed by atoms with Crippen LogP contribution in [0.3, 0.4) is 0 Å². The molecule has 0 aromatic heterocycles. The number of rotatable bonds is 3. The summed E-state index contributed by atoms with van der Waals surface area (Å²) in [6, 6.07) is 0. The molecule has 0 aromatic carbocycles. The van der Waals surface area contributed by atoms with Crippen LogP contribution in [0.5, 0.6) is 0 Å². The molecule has 0 bridgehead atoms. The Morgan fingerprint density at radius 2 is 2.36 bits per heavy atom. The summed E-state index contributed by atoms with van der Waals surface area (Å²) >= 11 is 0. The summed E-state index contributed by atoms with van der Waals surface area (Å²) < 4.78 is 10.7. The van der Waals surface area contributed by atoms with Gasteiger partial charge in [0.1, 0.15) is 0 Å². The van der Waals surface area contributed by atoms with E-state index in [0.717, 1.165) is 12.8 Å². The van der Waals surface area contributed by atoms with Crippen LogP contribution in [-0.4, -0.2) is 24.8 Å². The first-order valence-electron chi connectivity index (χ1n) is 5.26. The van der Waals surface area contributed by atoms with Gasteiger partial charge in [0.05, 0.1) is 13.2 Å². The quantitative estimate of drug-likeness (QED) is 0.509. The van der Waals surface area contributed by atoms with Crippen molar-refractivity contribution in [3.8, 4) is 0 Å². The van der Waals surface area contributed by atoms with Crippen molar-refractivity contribution in [2.75, 3.05) is 13.2 Å². The van der Waals surface area contributed by atoms with Gasteiger partial charge in [0.2, 0.25) is 0 Å². The predicted molar refractivity (Wildman–Crippen MR) is 51.8 cm³/mol. The molecular weight excluding hydrogens is 180 g/mol. The topological polar surface area (TPSA) is 35.5 Å². The van der Waals surface area contributed by atoms with Gasteiger partial charge in [-0.3, -0.25) is 0 Å². The second-order valence-corrected chi connectivity index (χ2v) is 3.87. The maximum Gasteiger partial charge on any atom is 0.339 e. The van der Waals surface area contributed by atoms with E-state index in [-0.39, 0.29) is 5.97 Å². The highest BCUT2D eigenvalue weighted by Crippen LogP contribution is 2.46. The SMILES string of the molecule is CCOC(=O)[C@@]1(C2CC2)CC=CCO1. The molecule has 0 unspecified atom stereocenters. The molecule has 0 radical (unpaired) electrons. The molecule has 1 aliphatic carbocycles. The van der Waals surface area contributed by atoms with Crippen LogP contribution in [0, 0.1) is 5.92 Å². The summed E-state index contributed by atoms with van der Waals surface area (Å²) in [5.74, 6) is 0.207. The first-order valence-corrected chi connectivity index (χ1v) is 5.26. The molecule has 3 heteroatoms. The zero-order valence-electron chi connectivity index (χ0n) is 8.49. The monoisotopic (exact) mass is 196 g/mol. The van der Waals surface area contributed by atoms with Gasteiger partial charge < -0.3 is 9.47 Å². The van der Waals surface area contributed by atoms with Gasteiger partial charge in [-0.1, -0.05) is 12.2 Å². The van der Waals surface area contributed by atoms with E-state index in [1.807, 2.05) is 19.1 Å². The molecule has 2 rings (SSSR count). The predicted octanol–water partition coefficient (Wildman–Crippen LogP) is 1.67. The Morgan fingerprint density at radius 3 is 2.86 bits per heavy atom. The molecule has 1 aliphatic heterocycles. The van der Waals surface area contributed by atoms with Gasteiger partial charge >= 0.3 is 5.97 Å². The van der Waals surface area contributed by atoms with Crippen LogP contribution in [0.4, 0.5) is 0 Å². The first kappa shape index (κ1) is 9.71. The van der Waals surface area contributed by atoms with Gasteiger partial charge in [-0.05, 0) is 25.7 Å². The molecule has 0 saturated heterocycles. The molecule has 0 spiro atoms. The molecule has 2 aliphatic rings. The van der Waals surface area contributed by atoms with Crippen molar-refractivity contribution in [1.82, 2.24) is 0 Å². The maximum atomic E-state index is 11.8. The number of carbonyl (C=O) groups excluding carboxylic acids is 1. The third-order valence-electron chi connectivity index (χ3n) is 2.88. The number of ether oxygens (including phenoxy) is 2. The lowest BCUT2D eigenvalue weighted by Gasteiger charge is -2.32. The Hall–Kier alpha value is -0.830. The molecule has 1 saturated carbocycles. The van der Waals surface area contributed by atoms with Crippen molar-refractivity contribution in [2.24, 2.45) is 5.92 Å². The highest BCUT2D eigenvalue weighted by Gasteiger charge is 2.53. The van der Waals surface area contributed by atoms with Gasteiger partial charge in [0, 0.05) is 6.42 Å². The number of hydrogen-bond acceptors (Lipinski definition) is 3. The summed E-state index contributed by atoms with van der Waals surface area (Å²) in [6.07, 6.45) is 6.84. The number of hydrogen-bond donors (Lipinski definition) is 0. The third-order valence-corrected chi connectivity index (χ3v) is 2.88. The zero-order chi connectivity index (χ0) is 10.0. The summed E-state index contributed by atoms with van der Waals surface area (Å²) in [5, 5.41) is 0. The molecule has 3 nitrogen and oxygen atoms in total. The zero-order valence-corrected chi connectivity index (χ0v) is 8.49. The Bertz CT molecular complexity index is 255. The van der Waals surface area contributed by atoms with Crippen molar-refractivity contribution in [3.63, 3.8) is 0 Å². The van der Waals surface area contributed by atoms with Crippen LogP contribution in [0.1, 0.15) is 26.2 Å². The molecule has 1 fully saturated rings. The van der Waals surface area contributed by atoms with Crippen molar-refractivity contribution in [1.29, 1.82) is 0 Å². The van der Waals surface area contributed by atoms with Crippen LogP contribution >= 0.6 is 0 Å². The highest BCUT2D eigenvalue weighted by molar-refractivity contribution is 5.81. The van der Waals surface area contributed by atoms with Gasteiger partial charge in [-0.25, -0.2) is 4.79 Å². The average Bonchev–Trinajstić information content (AvgIpc) is 3.03. The Balaban J connectivity index is 2.12. The van der Waals surface area contributed by atoms with E-state index in [9.17, 15) is 4.79 Å². The minimum atomic E-state index is -0.648. The smallest absolute Gasteiger partial charge is 0.339 e. The van der Waals surface area contributed by atoms with E-state index < -0.39 is 5.60 Å². The van der Waals surface area contributed by atoms with Crippen LogP contribution in [-0.2, 0) is 14.3 Å². The fraction of sp³-hybridized carbons (Fsp3) is 0.727. The first-order chi connectivity index (χ1) is 6.79. The van der Waals surface area contributed by atoms with E-state index in [1.54, 1.807) is 0 Å². The van der Waals surface area contributed by atoms with E-state index in [0.29, 0.717) is 25.6 Å². The molecule has 0 aromatic rings. The molecule has 14 heavy (non-hydrogen) atoms. The summed E-state index contributed by atoms with van der Waals surface area (Å²) in [4.78, 5) is 11.8. The van der Waals surface area contributed by atoms with Crippen LogP contribution < -0.4 is 0 Å². The van der Waals surface area contributed by atoms with Gasteiger partial charge in [0.15, 0.2) is 5.60 Å². The maximum absolute atomic E-state index is 11.8. The fourth-order valence-corrected chi connectivity index (χ4v) is 1.98. The van der Waals surface area contributed by atoms with Crippen molar-refractivity contribution in [3.05, 3.63) is 12.2 Å². The van der Waals surface area contributed by atoms with Crippen molar-refractivity contribution < 1.29 is 14.3 Å². The van der Waals surface area contributed by atoms with E-state index >= 15 is 0 Å². The van der Waals surface area contributed by atoms with E-state index in [4.69, 9.17) is 9.47 Å². The minimum absolute atomic E-state index is 0.174. The summed E-state index contributed by atoms with van der Waals surface area (Å²) in [5.41, 5.74) is -0.648. The van der Waals surface area contributed by atoms with Crippen molar-refractivity contribution >= 4 is 5.97 Å². The van der Waals surface area contributed by atoms with E-state index in [1.165, 1.54) is 0 Å². The molecule has 1 heterocycles. The molecule has 1 atom stereocenters. The second kappa shape index (κ2) is 3.73. The number of carbonyl (C=O) groups is 1. The standard InChI is InChI=1S/C11H16O3/c1-2-13-10(12)11(9-5-6-9)7-3-4-8-14-11/h3-4,9H,2,5-8H2,1H3/t11-/m0/s1. The van der Waals surface area contributed by atoms with Gasteiger partial charge in [-0.2, -0.15) is 0 Å².